The minimum absolute atomic E-state index is 0.499. The molecule has 76 valence electrons. The van der Waals surface area contributed by atoms with Crippen LogP contribution in [0.25, 0.3) is 16.7 Å². The molecule has 2 aromatic rings. The van der Waals surface area contributed by atoms with Crippen LogP contribution in [0.1, 0.15) is 5.56 Å². The molecule has 16 heavy (non-hydrogen) atoms. The van der Waals surface area contributed by atoms with Crippen molar-refractivity contribution in [3.63, 3.8) is 0 Å². The van der Waals surface area contributed by atoms with Gasteiger partial charge in [-0.15, -0.1) is 0 Å². The summed E-state index contributed by atoms with van der Waals surface area (Å²) in [5.41, 5.74) is 3.56. The highest BCUT2D eigenvalue weighted by Gasteiger charge is 2.06. The van der Waals surface area contributed by atoms with Crippen LogP contribution in [0.15, 0.2) is 61.2 Å². The smallest absolute Gasteiger partial charge is 0.0991 e. The number of hydrogen-bond donors (Lipinski definition) is 0. The van der Waals surface area contributed by atoms with Crippen LogP contribution in [0.5, 0.6) is 0 Å². The summed E-state index contributed by atoms with van der Waals surface area (Å²) in [5.74, 6) is 0. The molecule has 0 amide bonds. The highest BCUT2D eigenvalue weighted by Crippen LogP contribution is 2.27. The maximum atomic E-state index is 8.91. The van der Waals surface area contributed by atoms with Crippen molar-refractivity contribution < 1.29 is 0 Å². The Morgan fingerprint density at radius 2 is 1.56 bits per heavy atom. The van der Waals surface area contributed by atoms with Crippen molar-refractivity contribution in [3.05, 3.63) is 66.7 Å². The lowest BCUT2D eigenvalue weighted by molar-refractivity contribution is 1.52. The summed E-state index contributed by atoms with van der Waals surface area (Å²) >= 11 is 0. The van der Waals surface area contributed by atoms with E-state index in [-0.39, 0.29) is 0 Å². The molecule has 0 bridgehead atoms. The predicted octanol–water partition coefficient (Wildman–Crippen LogP) is 3.89. The molecule has 2 aromatic carbocycles. The maximum Gasteiger partial charge on any atom is 0.0991 e. The van der Waals surface area contributed by atoms with Crippen molar-refractivity contribution in [3.8, 4) is 17.2 Å². The van der Waals surface area contributed by atoms with E-state index >= 15 is 0 Å². The van der Waals surface area contributed by atoms with Gasteiger partial charge >= 0.3 is 0 Å². The molecular weight excluding hydrogens is 194 g/mol. The van der Waals surface area contributed by atoms with E-state index in [0.29, 0.717) is 5.57 Å². The topological polar surface area (TPSA) is 23.8 Å². The Bertz CT molecular complexity index is 547. The second-order valence-corrected chi connectivity index (χ2v) is 3.50. The Kier molecular flexibility index (Phi) is 2.84. The fourth-order valence-corrected chi connectivity index (χ4v) is 1.68. The first-order valence-corrected chi connectivity index (χ1v) is 5.07. The van der Waals surface area contributed by atoms with Gasteiger partial charge < -0.3 is 0 Å². The quantitative estimate of drug-likeness (QED) is 0.682. The van der Waals surface area contributed by atoms with Gasteiger partial charge in [0.15, 0.2) is 0 Å². The van der Waals surface area contributed by atoms with E-state index in [1.165, 1.54) is 0 Å². The second-order valence-electron chi connectivity index (χ2n) is 3.50. The van der Waals surface area contributed by atoms with Crippen molar-refractivity contribution in [2.45, 2.75) is 0 Å². The summed E-state index contributed by atoms with van der Waals surface area (Å²) < 4.78 is 0. The van der Waals surface area contributed by atoms with Gasteiger partial charge in [-0.05, 0) is 16.7 Å². The molecule has 0 saturated carbocycles. The van der Waals surface area contributed by atoms with Gasteiger partial charge in [-0.1, -0.05) is 61.2 Å². The fraction of sp³-hybridized carbons (Fsp3) is 0. The molecule has 1 heteroatoms. The van der Waals surface area contributed by atoms with Crippen LogP contribution < -0.4 is 0 Å². The lowest BCUT2D eigenvalue weighted by atomic mass is 9.96. The zero-order valence-electron chi connectivity index (χ0n) is 8.85. The summed E-state index contributed by atoms with van der Waals surface area (Å²) in [6, 6.07) is 19.9. The van der Waals surface area contributed by atoms with Crippen LogP contribution in [-0.4, -0.2) is 0 Å². The molecule has 0 fully saturated rings. The van der Waals surface area contributed by atoms with Gasteiger partial charge in [0.05, 0.1) is 11.6 Å². The molecule has 0 radical (unpaired) electrons. The summed E-state index contributed by atoms with van der Waals surface area (Å²) in [7, 11) is 0. The Labute approximate surface area is 95.3 Å². The summed E-state index contributed by atoms with van der Waals surface area (Å²) in [5, 5.41) is 8.91. The second kappa shape index (κ2) is 4.46. The third-order valence-electron chi connectivity index (χ3n) is 2.47. The van der Waals surface area contributed by atoms with E-state index in [4.69, 9.17) is 5.26 Å². The third kappa shape index (κ3) is 1.87. The van der Waals surface area contributed by atoms with Crippen molar-refractivity contribution in [1.82, 2.24) is 0 Å². The predicted molar refractivity (Wildman–Crippen MR) is 66.5 cm³/mol. The van der Waals surface area contributed by atoms with Crippen LogP contribution in [0.2, 0.25) is 0 Å². The standard InChI is InChI=1S/C15H11N/c1-12(11-16)14-9-5-6-10-15(14)13-7-3-2-4-8-13/h2-10H,1H2. The van der Waals surface area contributed by atoms with Crippen LogP contribution >= 0.6 is 0 Å². The number of nitrogens with zero attached hydrogens (tertiary/aromatic N) is 1. The van der Waals surface area contributed by atoms with Gasteiger partial charge in [-0.3, -0.25) is 0 Å². The Hall–Kier alpha value is -2.33. The van der Waals surface area contributed by atoms with E-state index in [0.717, 1.165) is 16.7 Å². The molecule has 0 aliphatic heterocycles. The first kappa shape index (κ1) is 10.2. The Morgan fingerprint density at radius 3 is 2.25 bits per heavy atom. The highest BCUT2D eigenvalue weighted by molar-refractivity contribution is 5.85. The molecule has 0 saturated heterocycles. The molecule has 0 heterocycles. The zero-order chi connectivity index (χ0) is 11.4. The maximum absolute atomic E-state index is 8.91. The summed E-state index contributed by atoms with van der Waals surface area (Å²) in [4.78, 5) is 0. The molecule has 0 unspecified atom stereocenters. The van der Waals surface area contributed by atoms with Crippen LogP contribution in [0.3, 0.4) is 0 Å². The van der Waals surface area contributed by atoms with Gasteiger partial charge in [0.1, 0.15) is 0 Å². The molecule has 0 aliphatic rings. The van der Waals surface area contributed by atoms with Crippen molar-refractivity contribution in [2.75, 3.05) is 0 Å². The number of rotatable bonds is 2. The Balaban J connectivity index is 2.59. The lowest BCUT2D eigenvalue weighted by Crippen LogP contribution is -1.86. The average molecular weight is 205 g/mol. The normalized spacial score (nSPS) is 9.44. The molecular formula is C15H11N. The lowest BCUT2D eigenvalue weighted by Gasteiger charge is -2.07. The van der Waals surface area contributed by atoms with E-state index in [9.17, 15) is 0 Å². The number of benzene rings is 2. The largest absolute Gasteiger partial charge is 0.192 e. The third-order valence-corrected chi connectivity index (χ3v) is 2.47. The number of allylic oxidation sites excluding steroid dienone is 1. The van der Waals surface area contributed by atoms with Gasteiger partial charge in [0, 0.05) is 0 Å². The molecule has 0 aromatic heterocycles. The van der Waals surface area contributed by atoms with Crippen LogP contribution in [0.4, 0.5) is 0 Å². The monoisotopic (exact) mass is 205 g/mol. The van der Waals surface area contributed by atoms with E-state index in [1.807, 2.05) is 54.6 Å². The molecule has 0 N–H and O–H groups in total. The molecule has 0 aliphatic carbocycles. The van der Waals surface area contributed by atoms with E-state index in [1.54, 1.807) is 0 Å². The first-order valence-electron chi connectivity index (χ1n) is 5.07. The summed E-state index contributed by atoms with van der Waals surface area (Å²) in [6.45, 7) is 3.77. The molecule has 2 rings (SSSR count). The zero-order valence-corrected chi connectivity index (χ0v) is 8.85. The molecule has 0 atom stereocenters. The summed E-state index contributed by atoms with van der Waals surface area (Å²) in [6.07, 6.45) is 0. The minimum atomic E-state index is 0.499. The van der Waals surface area contributed by atoms with Crippen LogP contribution in [-0.2, 0) is 0 Å². The molecule has 0 spiro atoms. The van der Waals surface area contributed by atoms with Gasteiger partial charge in [-0.25, -0.2) is 0 Å². The van der Waals surface area contributed by atoms with Gasteiger partial charge in [-0.2, -0.15) is 5.26 Å². The SMILES string of the molecule is C=C(C#N)c1ccccc1-c1ccccc1. The first-order chi connectivity index (χ1) is 7.83. The van der Waals surface area contributed by atoms with Crippen molar-refractivity contribution >= 4 is 5.57 Å². The Morgan fingerprint density at radius 1 is 0.938 bits per heavy atom. The number of nitriles is 1. The fourth-order valence-electron chi connectivity index (χ4n) is 1.68. The van der Waals surface area contributed by atoms with Crippen molar-refractivity contribution in [2.24, 2.45) is 0 Å². The highest BCUT2D eigenvalue weighted by atomic mass is 14.2. The van der Waals surface area contributed by atoms with Crippen molar-refractivity contribution in [1.29, 1.82) is 5.26 Å². The van der Waals surface area contributed by atoms with Gasteiger partial charge in [0.2, 0.25) is 0 Å². The number of hydrogen-bond acceptors (Lipinski definition) is 1. The minimum Gasteiger partial charge on any atom is -0.192 e. The van der Waals surface area contributed by atoms with Crippen LogP contribution in [0, 0.1) is 11.3 Å². The molecule has 1 nitrogen and oxygen atoms in total. The van der Waals surface area contributed by atoms with E-state index < -0.39 is 0 Å². The average Bonchev–Trinajstić information content (AvgIpc) is 2.39. The van der Waals surface area contributed by atoms with Gasteiger partial charge in [0.25, 0.3) is 0 Å². The van der Waals surface area contributed by atoms with E-state index in [2.05, 4.69) is 12.6 Å².